The Balaban J connectivity index is 3.20. The zero-order valence-corrected chi connectivity index (χ0v) is 18.4. The Morgan fingerprint density at radius 3 is 1.92 bits per heavy atom. The van der Waals surface area contributed by atoms with Crippen molar-refractivity contribution >= 4 is 5.97 Å². The standard InChI is InChI=1S/C18H34O2.C3H7O.Ti/c1-2-3-4-5-6-7-8-9-10-11-12-13-14-15-16-17-18(19)20;1-3(2)4;/h9-10H,2-8,11-17H2,1H3,(H,19,20);3H,1-2H3;/q;-1;+2/p-1/b10-9-;;. The van der Waals surface area contributed by atoms with Gasteiger partial charge in [0.2, 0.25) is 0 Å². The van der Waals surface area contributed by atoms with Crippen molar-refractivity contribution in [2.75, 3.05) is 0 Å². The second kappa shape index (κ2) is 20.2. The van der Waals surface area contributed by atoms with Crippen LogP contribution < -0.4 is 0 Å². The summed E-state index contributed by atoms with van der Waals surface area (Å²) < 4.78 is 10.4. The molecule has 25 heavy (non-hydrogen) atoms. The van der Waals surface area contributed by atoms with E-state index in [0.29, 0.717) is 6.42 Å². The van der Waals surface area contributed by atoms with E-state index in [4.69, 9.17) is 6.64 Å². The van der Waals surface area contributed by atoms with Crippen LogP contribution in [0, 0.1) is 0 Å². The average molecular weight is 388 g/mol. The van der Waals surface area contributed by atoms with Crippen molar-refractivity contribution < 1.29 is 31.4 Å². The van der Waals surface area contributed by atoms with Gasteiger partial charge in [-0.15, -0.1) is 0 Å². The molecular weight excluding hydrogens is 348 g/mol. The van der Waals surface area contributed by atoms with E-state index in [1.165, 1.54) is 70.6 Å². The van der Waals surface area contributed by atoms with Crippen LogP contribution >= 0.6 is 0 Å². The van der Waals surface area contributed by atoms with Gasteiger partial charge in [-0.2, -0.15) is 0 Å². The molecule has 0 aliphatic heterocycles. The number of hydrogen-bond acceptors (Lipinski definition) is 3. The van der Waals surface area contributed by atoms with Crippen LogP contribution in [0.15, 0.2) is 12.2 Å². The maximum atomic E-state index is 11.5. The van der Waals surface area contributed by atoms with Crippen LogP contribution in [0.1, 0.15) is 111 Å². The molecule has 0 saturated carbocycles. The molecule has 0 aromatic carbocycles. The van der Waals surface area contributed by atoms with Gasteiger partial charge in [0, 0.05) is 0 Å². The van der Waals surface area contributed by atoms with Gasteiger partial charge in [-0.25, -0.2) is 0 Å². The molecule has 0 saturated heterocycles. The van der Waals surface area contributed by atoms with Gasteiger partial charge < -0.3 is 0 Å². The molecule has 0 bridgehead atoms. The Kier molecular flexibility index (Phi) is 20.1. The van der Waals surface area contributed by atoms with Crippen LogP contribution in [0.4, 0.5) is 0 Å². The monoisotopic (exact) mass is 388 g/mol. The molecule has 0 atom stereocenters. The quantitative estimate of drug-likeness (QED) is 0.145. The third kappa shape index (κ3) is 21.8. The fourth-order valence-electron chi connectivity index (χ4n) is 2.56. The molecule has 0 unspecified atom stereocenters. The van der Waals surface area contributed by atoms with E-state index < -0.39 is 19.9 Å². The molecular formula is C21H40O3Ti. The summed E-state index contributed by atoms with van der Waals surface area (Å²) in [4.78, 5) is 11.5. The summed E-state index contributed by atoms with van der Waals surface area (Å²) in [6.45, 7) is 6.19. The number of unbranched alkanes of at least 4 members (excludes halogenated alkanes) is 11. The normalized spacial score (nSPS) is 11.4. The van der Waals surface area contributed by atoms with Crippen molar-refractivity contribution in [1.82, 2.24) is 0 Å². The van der Waals surface area contributed by atoms with Crippen molar-refractivity contribution in [1.29, 1.82) is 0 Å². The first kappa shape index (κ1) is 24.9. The second-order valence-electron chi connectivity index (χ2n) is 7.06. The van der Waals surface area contributed by atoms with Gasteiger partial charge in [-0.1, -0.05) is 39.0 Å². The predicted octanol–water partition coefficient (Wildman–Crippen LogP) is 6.90. The van der Waals surface area contributed by atoms with Gasteiger partial charge in [0.25, 0.3) is 0 Å². The zero-order valence-electron chi connectivity index (χ0n) is 16.9. The molecule has 0 N–H and O–H groups in total. The summed E-state index contributed by atoms with van der Waals surface area (Å²) in [5.41, 5.74) is 0. The van der Waals surface area contributed by atoms with Gasteiger partial charge in [-0.05, 0) is 6.42 Å². The maximum absolute atomic E-state index is 11.5. The minimum atomic E-state index is -0.987. The first-order valence-corrected chi connectivity index (χ1v) is 11.7. The molecule has 0 heterocycles. The molecule has 0 aliphatic rings. The van der Waals surface area contributed by atoms with Crippen molar-refractivity contribution in [3.05, 3.63) is 12.2 Å². The van der Waals surface area contributed by atoms with Crippen molar-refractivity contribution in [2.45, 2.75) is 117 Å². The fourth-order valence-corrected chi connectivity index (χ4v) is 3.24. The Hall–Kier alpha value is -0.116. The van der Waals surface area contributed by atoms with E-state index in [1.54, 1.807) is 0 Å². The average Bonchev–Trinajstić information content (AvgIpc) is 2.58. The van der Waals surface area contributed by atoms with Crippen LogP contribution in [-0.4, -0.2) is 12.1 Å². The van der Waals surface area contributed by atoms with Crippen LogP contribution in [0.5, 0.6) is 0 Å². The molecule has 0 aromatic heterocycles. The predicted molar refractivity (Wildman–Crippen MR) is 102 cm³/mol. The van der Waals surface area contributed by atoms with Crippen molar-refractivity contribution in [3.63, 3.8) is 0 Å². The van der Waals surface area contributed by atoms with Crippen LogP contribution in [-0.2, 0) is 31.4 Å². The van der Waals surface area contributed by atoms with E-state index >= 15 is 0 Å². The zero-order chi connectivity index (χ0) is 18.6. The molecule has 0 spiro atoms. The van der Waals surface area contributed by atoms with Crippen molar-refractivity contribution in [2.24, 2.45) is 0 Å². The van der Waals surface area contributed by atoms with Gasteiger partial charge >= 0.3 is 121 Å². The summed E-state index contributed by atoms with van der Waals surface area (Å²) in [6.07, 6.45) is 22.0. The second-order valence-corrected chi connectivity index (χ2v) is 8.01. The molecule has 3 nitrogen and oxygen atoms in total. The van der Waals surface area contributed by atoms with Crippen LogP contribution in [0.2, 0.25) is 0 Å². The number of carbonyl (C=O) groups excluding carboxylic acids is 1. The Morgan fingerprint density at radius 2 is 1.36 bits per heavy atom. The molecule has 4 heteroatoms. The molecule has 0 radical (unpaired) electrons. The summed E-state index contributed by atoms with van der Waals surface area (Å²) >= 11 is -0.987. The third-order valence-electron chi connectivity index (χ3n) is 4.08. The molecule has 0 rings (SSSR count). The Bertz CT molecular complexity index is 316. The van der Waals surface area contributed by atoms with Crippen LogP contribution in [0.3, 0.4) is 0 Å². The number of rotatable bonds is 18. The molecule has 146 valence electrons. The first-order chi connectivity index (χ1) is 12.2. The summed E-state index contributed by atoms with van der Waals surface area (Å²) in [5.74, 6) is -0.0849. The number of allylic oxidation sites excluding steroid dienone is 2. The Morgan fingerprint density at radius 1 is 0.840 bits per heavy atom. The summed E-state index contributed by atoms with van der Waals surface area (Å²) in [6, 6.07) is 0. The van der Waals surface area contributed by atoms with E-state index in [1.807, 2.05) is 13.8 Å². The van der Waals surface area contributed by atoms with Gasteiger partial charge in [0.15, 0.2) is 0 Å². The molecule has 0 aromatic rings. The summed E-state index contributed by atoms with van der Waals surface area (Å²) in [7, 11) is 0. The van der Waals surface area contributed by atoms with E-state index in [-0.39, 0.29) is 12.1 Å². The van der Waals surface area contributed by atoms with Crippen LogP contribution in [0.25, 0.3) is 0 Å². The molecule has 0 amide bonds. The topological polar surface area (TPSA) is 35.5 Å². The van der Waals surface area contributed by atoms with Gasteiger partial charge in [-0.3, -0.25) is 0 Å². The molecule has 0 fully saturated rings. The summed E-state index contributed by atoms with van der Waals surface area (Å²) in [5, 5.41) is 0. The van der Waals surface area contributed by atoms with E-state index in [9.17, 15) is 4.79 Å². The van der Waals surface area contributed by atoms with Gasteiger partial charge in [0.05, 0.1) is 0 Å². The molecule has 0 aliphatic carbocycles. The van der Waals surface area contributed by atoms with Gasteiger partial charge in [0.1, 0.15) is 0 Å². The van der Waals surface area contributed by atoms with Crippen molar-refractivity contribution in [3.8, 4) is 0 Å². The van der Waals surface area contributed by atoms with E-state index in [2.05, 4.69) is 19.1 Å². The van der Waals surface area contributed by atoms with E-state index in [0.717, 1.165) is 12.8 Å². The minimum absolute atomic E-state index is 0.0849. The number of hydrogen-bond donors (Lipinski definition) is 0. The Labute approximate surface area is 166 Å². The third-order valence-corrected chi connectivity index (χ3v) is 5.45. The number of carbonyl (C=O) groups is 1. The SMILES string of the molecule is CCCCCCCC/C=C\CCCCCCCC(=O)[O][Ti][O]C(C)C. The fraction of sp³-hybridized carbons (Fsp3) is 0.857. The first-order valence-electron chi connectivity index (χ1n) is 10.4.